The van der Waals surface area contributed by atoms with E-state index in [1.54, 1.807) is 43.3 Å². The van der Waals surface area contributed by atoms with Crippen molar-refractivity contribution in [3.63, 3.8) is 0 Å². The SMILES string of the molecule is CN=C(NCc1ccc(-n2ccnc2C)c(F)c1)NCC1(CCOC)CCCC1.I. The molecule has 30 heavy (non-hydrogen) atoms. The van der Waals surface area contributed by atoms with Gasteiger partial charge in [-0.25, -0.2) is 9.37 Å². The van der Waals surface area contributed by atoms with Gasteiger partial charge >= 0.3 is 0 Å². The predicted molar refractivity (Wildman–Crippen MR) is 129 cm³/mol. The molecule has 8 heteroatoms. The fraction of sp³-hybridized carbons (Fsp3) is 0.545. The fourth-order valence-electron chi connectivity index (χ4n) is 4.12. The normalized spacial score (nSPS) is 15.7. The number of nitrogens with zero attached hydrogens (tertiary/aromatic N) is 3. The van der Waals surface area contributed by atoms with Gasteiger partial charge in [0, 0.05) is 46.2 Å². The number of aromatic nitrogens is 2. The van der Waals surface area contributed by atoms with Crippen molar-refractivity contribution >= 4 is 29.9 Å². The molecule has 3 rings (SSSR count). The van der Waals surface area contributed by atoms with Crippen LogP contribution in [0.5, 0.6) is 0 Å². The Bertz CT molecular complexity index is 833. The lowest BCUT2D eigenvalue weighted by molar-refractivity contribution is 0.138. The maximum absolute atomic E-state index is 14.6. The van der Waals surface area contributed by atoms with E-state index in [0.717, 1.165) is 36.9 Å². The lowest BCUT2D eigenvalue weighted by atomic mass is 9.83. The van der Waals surface area contributed by atoms with Crippen LogP contribution < -0.4 is 10.6 Å². The first-order chi connectivity index (χ1) is 14.1. The number of hydrogen-bond acceptors (Lipinski definition) is 3. The molecule has 0 aliphatic heterocycles. The van der Waals surface area contributed by atoms with Gasteiger partial charge in [-0.1, -0.05) is 18.9 Å². The first-order valence-electron chi connectivity index (χ1n) is 10.3. The molecule has 6 nitrogen and oxygen atoms in total. The lowest BCUT2D eigenvalue weighted by Crippen LogP contribution is -2.43. The molecule has 0 saturated heterocycles. The Morgan fingerprint density at radius 3 is 2.67 bits per heavy atom. The van der Waals surface area contributed by atoms with Crippen LogP contribution in [0, 0.1) is 18.2 Å². The Kier molecular flexibility index (Phi) is 9.54. The third kappa shape index (κ3) is 6.16. The van der Waals surface area contributed by atoms with Crippen molar-refractivity contribution < 1.29 is 9.13 Å². The molecule has 1 saturated carbocycles. The van der Waals surface area contributed by atoms with Crippen molar-refractivity contribution in [2.24, 2.45) is 10.4 Å². The number of ether oxygens (including phenoxy) is 1. The zero-order valence-electron chi connectivity index (χ0n) is 18.1. The molecule has 2 N–H and O–H groups in total. The second kappa shape index (κ2) is 11.6. The molecule has 0 spiro atoms. The van der Waals surface area contributed by atoms with Gasteiger partial charge in [-0.15, -0.1) is 24.0 Å². The second-order valence-corrected chi connectivity index (χ2v) is 7.86. The standard InChI is InChI=1S/C22H32FN5O.HI/c1-17-25-11-12-28(17)20-7-6-18(14-19(20)23)15-26-21(24-2)27-16-22(10-13-29-3)8-4-5-9-22;/h6-7,11-12,14H,4-5,8-10,13,15-16H2,1-3H3,(H2,24,26,27);1H. The number of methoxy groups -OCH3 is 1. The second-order valence-electron chi connectivity index (χ2n) is 7.86. The summed E-state index contributed by atoms with van der Waals surface area (Å²) < 4.78 is 21.6. The molecule has 1 aromatic carbocycles. The van der Waals surface area contributed by atoms with E-state index in [9.17, 15) is 4.39 Å². The third-order valence-electron chi connectivity index (χ3n) is 5.91. The summed E-state index contributed by atoms with van der Waals surface area (Å²) >= 11 is 0. The van der Waals surface area contributed by atoms with E-state index < -0.39 is 0 Å². The van der Waals surface area contributed by atoms with Gasteiger partial charge < -0.3 is 19.9 Å². The molecule has 1 aliphatic rings. The number of imidazole rings is 1. The molecule has 166 valence electrons. The van der Waals surface area contributed by atoms with E-state index in [0.29, 0.717) is 12.2 Å². The van der Waals surface area contributed by atoms with Gasteiger partial charge in [-0.05, 0) is 49.3 Å². The van der Waals surface area contributed by atoms with Crippen molar-refractivity contribution in [2.75, 3.05) is 27.3 Å². The molecule has 1 heterocycles. The minimum atomic E-state index is -0.266. The Balaban J connectivity index is 0.00000320. The van der Waals surface area contributed by atoms with Gasteiger partial charge in [0.1, 0.15) is 11.6 Å². The van der Waals surface area contributed by atoms with Crippen molar-refractivity contribution in [2.45, 2.75) is 45.6 Å². The Morgan fingerprint density at radius 1 is 1.30 bits per heavy atom. The van der Waals surface area contributed by atoms with E-state index in [1.807, 2.05) is 13.0 Å². The summed E-state index contributed by atoms with van der Waals surface area (Å²) in [5.74, 6) is 1.23. The van der Waals surface area contributed by atoms with E-state index in [2.05, 4.69) is 20.6 Å². The van der Waals surface area contributed by atoms with Gasteiger partial charge in [-0.2, -0.15) is 0 Å². The molecular weight excluding hydrogens is 496 g/mol. The summed E-state index contributed by atoms with van der Waals surface area (Å²) in [4.78, 5) is 8.48. The highest BCUT2D eigenvalue weighted by Gasteiger charge is 2.33. The minimum absolute atomic E-state index is 0. The van der Waals surface area contributed by atoms with Crippen LogP contribution in [-0.4, -0.2) is 42.8 Å². The average molecular weight is 529 g/mol. The summed E-state index contributed by atoms with van der Waals surface area (Å²) in [6, 6.07) is 5.27. The molecular formula is C22H33FIN5O. The topological polar surface area (TPSA) is 63.5 Å². The highest BCUT2D eigenvalue weighted by atomic mass is 127. The van der Waals surface area contributed by atoms with E-state index in [1.165, 1.54) is 25.7 Å². The van der Waals surface area contributed by atoms with E-state index in [4.69, 9.17) is 4.74 Å². The summed E-state index contributed by atoms with van der Waals surface area (Å²) in [6.07, 6.45) is 9.50. The number of nitrogens with one attached hydrogen (secondary N) is 2. The molecule has 0 unspecified atom stereocenters. The number of benzene rings is 1. The lowest BCUT2D eigenvalue weighted by Gasteiger charge is -2.30. The smallest absolute Gasteiger partial charge is 0.191 e. The average Bonchev–Trinajstić information content (AvgIpc) is 3.36. The molecule has 1 aliphatic carbocycles. The third-order valence-corrected chi connectivity index (χ3v) is 5.91. The monoisotopic (exact) mass is 529 g/mol. The van der Waals surface area contributed by atoms with Crippen LogP contribution in [0.15, 0.2) is 35.6 Å². The number of rotatable bonds is 8. The molecule has 1 fully saturated rings. The van der Waals surface area contributed by atoms with Crippen LogP contribution in [0.4, 0.5) is 4.39 Å². The van der Waals surface area contributed by atoms with Gasteiger partial charge in [-0.3, -0.25) is 4.99 Å². The van der Waals surface area contributed by atoms with Gasteiger partial charge in [0.05, 0.1) is 5.69 Å². The van der Waals surface area contributed by atoms with Crippen LogP contribution in [-0.2, 0) is 11.3 Å². The first kappa shape index (κ1) is 24.6. The molecule has 0 radical (unpaired) electrons. The van der Waals surface area contributed by atoms with E-state index >= 15 is 0 Å². The maximum Gasteiger partial charge on any atom is 0.191 e. The van der Waals surface area contributed by atoms with Crippen molar-refractivity contribution in [3.05, 3.63) is 47.8 Å². The largest absolute Gasteiger partial charge is 0.385 e. The molecule has 0 amide bonds. The molecule has 0 bridgehead atoms. The fourth-order valence-corrected chi connectivity index (χ4v) is 4.12. The van der Waals surface area contributed by atoms with Gasteiger partial charge in [0.15, 0.2) is 5.96 Å². The van der Waals surface area contributed by atoms with E-state index in [-0.39, 0.29) is 35.2 Å². The number of aliphatic imine (C=N–C) groups is 1. The predicted octanol–water partition coefficient (Wildman–Crippen LogP) is 4.20. The van der Waals surface area contributed by atoms with Crippen LogP contribution >= 0.6 is 24.0 Å². The highest BCUT2D eigenvalue weighted by Crippen LogP contribution is 2.40. The number of hydrogen-bond donors (Lipinski definition) is 2. The van der Waals surface area contributed by atoms with Gasteiger partial charge in [0.2, 0.25) is 0 Å². The highest BCUT2D eigenvalue weighted by molar-refractivity contribution is 14.0. The first-order valence-corrected chi connectivity index (χ1v) is 10.3. The van der Waals surface area contributed by atoms with Crippen LogP contribution in [0.1, 0.15) is 43.5 Å². The zero-order chi connectivity index (χ0) is 20.7. The quantitative estimate of drug-likeness (QED) is 0.306. The summed E-state index contributed by atoms with van der Waals surface area (Å²) in [7, 11) is 3.52. The maximum atomic E-state index is 14.6. The van der Waals surface area contributed by atoms with Gasteiger partial charge in [0.25, 0.3) is 0 Å². The minimum Gasteiger partial charge on any atom is -0.385 e. The Hall–Kier alpha value is -1.68. The zero-order valence-corrected chi connectivity index (χ0v) is 20.4. The van der Waals surface area contributed by atoms with Crippen molar-refractivity contribution in [1.29, 1.82) is 0 Å². The Morgan fingerprint density at radius 2 is 2.07 bits per heavy atom. The summed E-state index contributed by atoms with van der Waals surface area (Å²) in [5.41, 5.74) is 1.65. The molecule has 1 aromatic heterocycles. The molecule has 2 aromatic rings. The van der Waals surface area contributed by atoms with Crippen molar-refractivity contribution in [3.8, 4) is 5.69 Å². The van der Waals surface area contributed by atoms with Crippen LogP contribution in [0.25, 0.3) is 5.69 Å². The summed E-state index contributed by atoms with van der Waals surface area (Å²) in [6.45, 7) is 4.03. The Labute approximate surface area is 195 Å². The molecule has 0 atom stereocenters. The summed E-state index contributed by atoms with van der Waals surface area (Å²) in [5, 5.41) is 6.76. The number of halogens is 2. The van der Waals surface area contributed by atoms with Crippen molar-refractivity contribution in [1.82, 2.24) is 20.2 Å². The van der Waals surface area contributed by atoms with Crippen LogP contribution in [0.3, 0.4) is 0 Å². The van der Waals surface area contributed by atoms with Crippen LogP contribution in [0.2, 0.25) is 0 Å². The number of guanidine groups is 1. The number of aryl methyl sites for hydroxylation is 1.